The summed E-state index contributed by atoms with van der Waals surface area (Å²) in [5, 5.41) is 3.39. The molecule has 0 saturated carbocycles. The molecule has 0 bridgehead atoms. The largest absolute Gasteiger partial charge is 0.491 e. The fourth-order valence-electron chi connectivity index (χ4n) is 3.45. The van der Waals surface area contributed by atoms with Gasteiger partial charge < -0.3 is 15.0 Å². The number of rotatable bonds is 5. The molecule has 0 aliphatic carbocycles. The normalized spacial score (nSPS) is 23.2. The molecular formula is C19H29N3O2. The van der Waals surface area contributed by atoms with E-state index in [2.05, 4.69) is 24.1 Å². The maximum atomic E-state index is 12.7. The van der Waals surface area contributed by atoms with Crippen molar-refractivity contribution >= 4 is 5.91 Å². The second kappa shape index (κ2) is 7.99. The average Bonchev–Trinajstić information content (AvgIpc) is 3.12. The highest BCUT2D eigenvalue weighted by Gasteiger charge is 2.31. The summed E-state index contributed by atoms with van der Waals surface area (Å²) in [6, 6.07) is 8.10. The lowest BCUT2D eigenvalue weighted by atomic mass is 10.2. The first-order valence-corrected chi connectivity index (χ1v) is 9.18. The molecule has 2 atom stereocenters. The van der Waals surface area contributed by atoms with E-state index in [1.807, 2.05) is 29.2 Å². The van der Waals surface area contributed by atoms with Crippen LogP contribution in [0.15, 0.2) is 24.3 Å². The van der Waals surface area contributed by atoms with Gasteiger partial charge >= 0.3 is 0 Å². The summed E-state index contributed by atoms with van der Waals surface area (Å²) in [5.74, 6) is 0.976. The van der Waals surface area contributed by atoms with Crippen LogP contribution in [0.3, 0.4) is 0 Å². The summed E-state index contributed by atoms with van der Waals surface area (Å²) in [4.78, 5) is 17.2. The molecule has 1 amide bonds. The highest BCUT2D eigenvalue weighted by Crippen LogP contribution is 2.20. The van der Waals surface area contributed by atoms with E-state index in [0.29, 0.717) is 6.04 Å². The van der Waals surface area contributed by atoms with Crippen molar-refractivity contribution in [2.24, 2.45) is 0 Å². The third-order valence-corrected chi connectivity index (χ3v) is 5.13. The zero-order valence-electron chi connectivity index (χ0n) is 14.8. The van der Waals surface area contributed by atoms with Crippen LogP contribution in [0.4, 0.5) is 0 Å². The maximum absolute atomic E-state index is 12.7. The third kappa shape index (κ3) is 4.08. The van der Waals surface area contributed by atoms with Crippen molar-refractivity contribution in [2.45, 2.75) is 38.8 Å². The van der Waals surface area contributed by atoms with Gasteiger partial charge in [-0.2, -0.15) is 0 Å². The molecule has 24 heavy (non-hydrogen) atoms. The van der Waals surface area contributed by atoms with E-state index in [0.717, 1.165) is 63.4 Å². The van der Waals surface area contributed by atoms with Gasteiger partial charge in [-0.15, -0.1) is 0 Å². The summed E-state index contributed by atoms with van der Waals surface area (Å²) in [5.41, 5.74) is 0.757. The fourth-order valence-corrected chi connectivity index (χ4v) is 3.45. The van der Waals surface area contributed by atoms with Gasteiger partial charge in [-0.25, -0.2) is 0 Å². The van der Waals surface area contributed by atoms with Crippen LogP contribution in [0.2, 0.25) is 0 Å². The van der Waals surface area contributed by atoms with Crippen LogP contribution in [0.25, 0.3) is 0 Å². The van der Waals surface area contributed by atoms with E-state index in [1.165, 1.54) is 0 Å². The first-order chi connectivity index (χ1) is 11.7. The molecule has 0 aromatic heterocycles. The highest BCUT2D eigenvalue weighted by molar-refractivity contribution is 5.94. The molecule has 2 fully saturated rings. The Labute approximate surface area is 145 Å². The van der Waals surface area contributed by atoms with Crippen molar-refractivity contribution in [1.29, 1.82) is 0 Å². The lowest BCUT2D eigenvalue weighted by molar-refractivity contribution is 0.0773. The molecule has 1 N–H and O–H groups in total. The predicted octanol–water partition coefficient (Wildman–Crippen LogP) is 1.98. The summed E-state index contributed by atoms with van der Waals surface area (Å²) in [6.45, 7) is 10.2. The number of hydrogen-bond donors (Lipinski definition) is 1. The van der Waals surface area contributed by atoms with Crippen LogP contribution in [0, 0.1) is 0 Å². The first kappa shape index (κ1) is 17.2. The van der Waals surface area contributed by atoms with Crippen LogP contribution in [0.1, 0.15) is 37.0 Å². The van der Waals surface area contributed by atoms with Crippen LogP contribution in [-0.2, 0) is 0 Å². The zero-order chi connectivity index (χ0) is 16.9. The molecule has 1 aromatic carbocycles. The summed E-state index contributed by atoms with van der Waals surface area (Å²) >= 11 is 0. The summed E-state index contributed by atoms with van der Waals surface area (Å²) < 4.78 is 5.78. The summed E-state index contributed by atoms with van der Waals surface area (Å²) in [6.07, 6.45) is 2.26. The van der Waals surface area contributed by atoms with Gasteiger partial charge in [0.15, 0.2) is 0 Å². The number of hydrogen-bond acceptors (Lipinski definition) is 4. The molecule has 5 nitrogen and oxygen atoms in total. The number of carbonyl (C=O) groups excluding carboxylic acids is 1. The number of nitrogens with one attached hydrogen (secondary N) is 1. The SMILES string of the molecule is CCC(C)Oc1ccc(C(=O)N2CCC(N3CCNCC3)C2)cc1. The van der Waals surface area contributed by atoms with Gasteiger partial charge in [-0.3, -0.25) is 9.69 Å². The van der Waals surface area contributed by atoms with E-state index in [-0.39, 0.29) is 12.0 Å². The summed E-state index contributed by atoms with van der Waals surface area (Å²) in [7, 11) is 0. The number of ether oxygens (including phenoxy) is 1. The molecule has 2 heterocycles. The standard InChI is InChI=1S/C19H29N3O2/c1-3-15(2)24-18-6-4-16(5-7-18)19(23)22-11-8-17(14-22)21-12-9-20-10-13-21/h4-7,15,17,20H,3,8-14H2,1-2H3. The Morgan fingerprint density at radius 1 is 1.25 bits per heavy atom. The molecule has 0 spiro atoms. The van der Waals surface area contributed by atoms with Crippen molar-refractivity contribution < 1.29 is 9.53 Å². The van der Waals surface area contributed by atoms with E-state index in [1.54, 1.807) is 0 Å². The molecule has 3 rings (SSSR count). The van der Waals surface area contributed by atoms with Crippen LogP contribution in [-0.4, -0.2) is 67.1 Å². The quantitative estimate of drug-likeness (QED) is 0.896. The van der Waals surface area contributed by atoms with Gasteiger partial charge in [0.2, 0.25) is 0 Å². The second-order valence-corrected chi connectivity index (χ2v) is 6.84. The minimum atomic E-state index is 0.141. The number of nitrogens with zero attached hydrogens (tertiary/aromatic N) is 2. The second-order valence-electron chi connectivity index (χ2n) is 6.84. The average molecular weight is 331 g/mol. The smallest absolute Gasteiger partial charge is 0.253 e. The van der Waals surface area contributed by atoms with E-state index in [9.17, 15) is 4.79 Å². The number of piperazine rings is 1. The van der Waals surface area contributed by atoms with Crippen molar-refractivity contribution in [1.82, 2.24) is 15.1 Å². The van der Waals surface area contributed by atoms with Crippen molar-refractivity contribution in [3.8, 4) is 5.75 Å². The minimum absolute atomic E-state index is 0.141. The Morgan fingerprint density at radius 2 is 1.96 bits per heavy atom. The molecule has 5 heteroatoms. The van der Waals surface area contributed by atoms with Crippen molar-refractivity contribution in [3.05, 3.63) is 29.8 Å². The molecule has 2 aliphatic rings. The monoisotopic (exact) mass is 331 g/mol. The third-order valence-electron chi connectivity index (χ3n) is 5.13. The Kier molecular flexibility index (Phi) is 5.74. The van der Waals surface area contributed by atoms with Gasteiger partial charge in [-0.1, -0.05) is 6.92 Å². The van der Waals surface area contributed by atoms with Crippen LogP contribution in [0.5, 0.6) is 5.75 Å². The zero-order valence-corrected chi connectivity index (χ0v) is 14.8. The van der Waals surface area contributed by atoms with Crippen LogP contribution < -0.4 is 10.1 Å². The van der Waals surface area contributed by atoms with Gasteiger partial charge in [0.05, 0.1) is 6.10 Å². The molecule has 1 aromatic rings. The molecule has 0 radical (unpaired) electrons. The molecular weight excluding hydrogens is 302 g/mol. The highest BCUT2D eigenvalue weighted by atomic mass is 16.5. The van der Waals surface area contributed by atoms with E-state index < -0.39 is 0 Å². The van der Waals surface area contributed by atoms with Gasteiger partial charge in [0, 0.05) is 50.9 Å². The molecule has 2 unspecified atom stereocenters. The van der Waals surface area contributed by atoms with Crippen molar-refractivity contribution in [2.75, 3.05) is 39.3 Å². The lowest BCUT2D eigenvalue weighted by Crippen LogP contribution is -2.49. The van der Waals surface area contributed by atoms with Gasteiger partial charge in [-0.05, 0) is 44.0 Å². The van der Waals surface area contributed by atoms with Crippen molar-refractivity contribution in [3.63, 3.8) is 0 Å². The number of benzene rings is 1. The topological polar surface area (TPSA) is 44.8 Å². The predicted molar refractivity (Wildman–Crippen MR) is 95.6 cm³/mol. The maximum Gasteiger partial charge on any atom is 0.253 e. The number of likely N-dealkylation sites (tertiary alicyclic amines) is 1. The Morgan fingerprint density at radius 3 is 2.62 bits per heavy atom. The number of amides is 1. The molecule has 132 valence electrons. The first-order valence-electron chi connectivity index (χ1n) is 9.18. The van der Waals surface area contributed by atoms with Gasteiger partial charge in [0.25, 0.3) is 5.91 Å². The van der Waals surface area contributed by atoms with E-state index in [4.69, 9.17) is 4.74 Å². The Bertz CT molecular complexity index is 540. The molecule has 2 saturated heterocycles. The number of carbonyl (C=O) groups is 1. The Hall–Kier alpha value is -1.59. The Balaban J connectivity index is 1.56. The van der Waals surface area contributed by atoms with Crippen LogP contribution >= 0.6 is 0 Å². The minimum Gasteiger partial charge on any atom is -0.491 e. The molecule has 2 aliphatic heterocycles. The lowest BCUT2D eigenvalue weighted by Gasteiger charge is -2.32. The fraction of sp³-hybridized carbons (Fsp3) is 0.632. The van der Waals surface area contributed by atoms with E-state index >= 15 is 0 Å². The van der Waals surface area contributed by atoms with Gasteiger partial charge in [0.1, 0.15) is 5.75 Å².